The van der Waals surface area contributed by atoms with Crippen LogP contribution in [0.15, 0.2) is 60.7 Å². The van der Waals surface area contributed by atoms with Crippen molar-refractivity contribution in [2.24, 2.45) is 0 Å². The molecule has 2 aromatic carbocycles. The minimum Gasteiger partial charge on any atom is -0.385 e. The van der Waals surface area contributed by atoms with Crippen LogP contribution >= 0.6 is 0 Å². The van der Waals surface area contributed by atoms with E-state index in [1.54, 1.807) is 0 Å². The maximum absolute atomic E-state index is 3.50. The van der Waals surface area contributed by atoms with Gasteiger partial charge in [0.2, 0.25) is 0 Å². The molecule has 0 bridgehead atoms. The summed E-state index contributed by atoms with van der Waals surface area (Å²) >= 11 is 0. The van der Waals surface area contributed by atoms with E-state index in [4.69, 9.17) is 0 Å². The van der Waals surface area contributed by atoms with Crippen molar-refractivity contribution in [2.75, 3.05) is 31.5 Å². The molecule has 0 amide bonds. The quantitative estimate of drug-likeness (QED) is 0.835. The molecule has 1 spiro atoms. The molecule has 2 nitrogen and oxygen atoms in total. The Labute approximate surface area is 138 Å². The zero-order valence-corrected chi connectivity index (χ0v) is 13.5. The second-order valence-corrected chi connectivity index (χ2v) is 6.75. The Bertz CT molecular complexity index is 692. The van der Waals surface area contributed by atoms with Gasteiger partial charge >= 0.3 is 0 Å². The van der Waals surface area contributed by atoms with Gasteiger partial charge in [-0.3, -0.25) is 0 Å². The zero-order valence-electron chi connectivity index (χ0n) is 13.5. The monoisotopic (exact) mass is 304 g/mol. The highest BCUT2D eigenvalue weighted by Gasteiger charge is 2.40. The van der Waals surface area contributed by atoms with Gasteiger partial charge in [-0.15, -0.1) is 0 Å². The van der Waals surface area contributed by atoms with E-state index in [9.17, 15) is 0 Å². The maximum Gasteiger partial charge on any atom is 0.0340 e. The van der Waals surface area contributed by atoms with Gasteiger partial charge in [0.15, 0.2) is 0 Å². The lowest BCUT2D eigenvalue weighted by atomic mass is 9.82. The van der Waals surface area contributed by atoms with Crippen LogP contribution in [0.4, 0.5) is 5.69 Å². The van der Waals surface area contributed by atoms with Crippen LogP contribution in [-0.2, 0) is 5.41 Å². The molecule has 0 aromatic heterocycles. The second kappa shape index (κ2) is 6.21. The topological polar surface area (TPSA) is 15.3 Å². The fourth-order valence-corrected chi connectivity index (χ4v) is 3.99. The highest BCUT2D eigenvalue weighted by molar-refractivity contribution is 5.65. The van der Waals surface area contributed by atoms with Crippen molar-refractivity contribution in [3.8, 4) is 0 Å². The van der Waals surface area contributed by atoms with E-state index in [0.29, 0.717) is 0 Å². The number of nitrogens with zero attached hydrogens (tertiary/aromatic N) is 1. The number of anilines is 1. The first-order chi connectivity index (χ1) is 11.4. The Hall–Kier alpha value is -2.06. The third-order valence-corrected chi connectivity index (χ3v) is 5.21. The molecule has 2 aromatic rings. The number of likely N-dealkylation sites (tertiary alicyclic amines) is 1. The van der Waals surface area contributed by atoms with E-state index in [1.807, 2.05) is 0 Å². The molecule has 1 fully saturated rings. The van der Waals surface area contributed by atoms with E-state index < -0.39 is 0 Å². The Morgan fingerprint density at radius 3 is 2.74 bits per heavy atom. The van der Waals surface area contributed by atoms with Crippen LogP contribution in [0, 0.1) is 0 Å². The normalized spacial score (nSPS) is 22.6. The Morgan fingerprint density at radius 1 is 1.00 bits per heavy atom. The average Bonchev–Trinajstić information content (AvgIpc) is 3.18. The largest absolute Gasteiger partial charge is 0.385 e. The van der Waals surface area contributed by atoms with Crippen molar-refractivity contribution >= 4 is 11.8 Å². The third-order valence-electron chi connectivity index (χ3n) is 5.21. The van der Waals surface area contributed by atoms with Gasteiger partial charge in [-0.2, -0.15) is 0 Å². The van der Waals surface area contributed by atoms with E-state index in [0.717, 1.165) is 6.54 Å². The second-order valence-electron chi connectivity index (χ2n) is 6.75. The number of nitrogens with one attached hydrogen (secondary N) is 1. The Kier molecular flexibility index (Phi) is 3.92. The molecule has 118 valence electrons. The predicted octanol–water partition coefficient (Wildman–Crippen LogP) is 4.16. The SMILES string of the molecule is C1=CC2(CCN(CCCNc3ccccc3)C2)c2ccccc21. The zero-order chi connectivity index (χ0) is 15.5. The van der Waals surface area contributed by atoms with Gasteiger partial charge in [0.25, 0.3) is 0 Å². The van der Waals surface area contributed by atoms with Crippen LogP contribution in [0.5, 0.6) is 0 Å². The summed E-state index contributed by atoms with van der Waals surface area (Å²) < 4.78 is 0. The molecule has 4 rings (SSSR count). The fourth-order valence-electron chi connectivity index (χ4n) is 3.99. The van der Waals surface area contributed by atoms with Gasteiger partial charge in [0.05, 0.1) is 0 Å². The van der Waals surface area contributed by atoms with Crippen molar-refractivity contribution in [3.05, 3.63) is 71.8 Å². The number of hydrogen-bond donors (Lipinski definition) is 1. The molecule has 23 heavy (non-hydrogen) atoms. The van der Waals surface area contributed by atoms with Crippen LogP contribution in [-0.4, -0.2) is 31.1 Å². The number of hydrogen-bond acceptors (Lipinski definition) is 2. The maximum atomic E-state index is 3.50. The Balaban J connectivity index is 1.29. The van der Waals surface area contributed by atoms with Crippen molar-refractivity contribution in [3.63, 3.8) is 0 Å². The number of fused-ring (bicyclic) bond motifs is 2. The Morgan fingerprint density at radius 2 is 1.83 bits per heavy atom. The van der Waals surface area contributed by atoms with Crippen molar-refractivity contribution in [1.29, 1.82) is 0 Å². The van der Waals surface area contributed by atoms with Gasteiger partial charge in [-0.05, 0) is 49.2 Å². The molecule has 0 radical (unpaired) electrons. The van der Waals surface area contributed by atoms with E-state index >= 15 is 0 Å². The number of para-hydroxylation sites is 1. The van der Waals surface area contributed by atoms with Gasteiger partial charge in [0, 0.05) is 24.2 Å². The lowest BCUT2D eigenvalue weighted by molar-refractivity contribution is 0.323. The number of rotatable bonds is 5. The van der Waals surface area contributed by atoms with E-state index in [2.05, 4.69) is 77.0 Å². The minimum atomic E-state index is 0.281. The molecular formula is C21H24N2. The first-order valence-corrected chi connectivity index (χ1v) is 8.66. The minimum absolute atomic E-state index is 0.281. The highest BCUT2D eigenvalue weighted by atomic mass is 15.2. The van der Waals surface area contributed by atoms with Crippen molar-refractivity contribution < 1.29 is 0 Å². The van der Waals surface area contributed by atoms with Crippen LogP contribution in [0.1, 0.15) is 24.0 Å². The number of benzene rings is 2. The first-order valence-electron chi connectivity index (χ1n) is 8.66. The summed E-state index contributed by atoms with van der Waals surface area (Å²) in [6, 6.07) is 19.4. The van der Waals surface area contributed by atoms with E-state index in [-0.39, 0.29) is 5.41 Å². The van der Waals surface area contributed by atoms with Gasteiger partial charge in [-0.1, -0.05) is 54.6 Å². The third kappa shape index (κ3) is 2.91. The molecular weight excluding hydrogens is 280 g/mol. The molecule has 1 heterocycles. The first kappa shape index (κ1) is 14.5. The standard InChI is InChI=1S/C21H24N2/c1-2-8-19(9-3-1)22-14-6-15-23-16-13-21(17-23)12-11-18-7-4-5-10-20(18)21/h1-5,7-12,22H,6,13-17H2. The predicted molar refractivity (Wildman–Crippen MR) is 97.8 cm³/mol. The van der Waals surface area contributed by atoms with Gasteiger partial charge < -0.3 is 10.2 Å². The van der Waals surface area contributed by atoms with Crippen LogP contribution in [0.25, 0.3) is 6.08 Å². The summed E-state index contributed by atoms with van der Waals surface area (Å²) in [4.78, 5) is 2.62. The molecule has 2 aliphatic rings. The van der Waals surface area contributed by atoms with Gasteiger partial charge in [-0.25, -0.2) is 0 Å². The molecule has 1 unspecified atom stereocenters. The van der Waals surface area contributed by atoms with Crippen molar-refractivity contribution in [1.82, 2.24) is 4.90 Å². The summed E-state index contributed by atoms with van der Waals surface area (Å²) in [5.41, 5.74) is 4.45. The van der Waals surface area contributed by atoms with Crippen LogP contribution < -0.4 is 5.32 Å². The van der Waals surface area contributed by atoms with Crippen LogP contribution in [0.2, 0.25) is 0 Å². The summed E-state index contributed by atoms with van der Waals surface area (Å²) in [6.45, 7) is 4.60. The summed E-state index contributed by atoms with van der Waals surface area (Å²) in [5, 5.41) is 3.50. The van der Waals surface area contributed by atoms with E-state index in [1.165, 1.54) is 49.3 Å². The molecule has 1 saturated heterocycles. The summed E-state index contributed by atoms with van der Waals surface area (Å²) in [6.07, 6.45) is 7.21. The average molecular weight is 304 g/mol. The molecule has 1 aliphatic heterocycles. The molecule has 1 N–H and O–H groups in total. The molecule has 1 atom stereocenters. The summed E-state index contributed by atoms with van der Waals surface area (Å²) in [5.74, 6) is 0. The lowest BCUT2D eigenvalue weighted by Crippen LogP contribution is -2.29. The summed E-state index contributed by atoms with van der Waals surface area (Å²) in [7, 11) is 0. The highest BCUT2D eigenvalue weighted by Crippen LogP contribution is 2.42. The fraction of sp³-hybridized carbons (Fsp3) is 0.333. The smallest absolute Gasteiger partial charge is 0.0340 e. The molecule has 2 heteroatoms. The van der Waals surface area contributed by atoms with Gasteiger partial charge in [0.1, 0.15) is 0 Å². The van der Waals surface area contributed by atoms with Crippen molar-refractivity contribution in [2.45, 2.75) is 18.3 Å². The molecule has 1 aliphatic carbocycles. The lowest BCUT2D eigenvalue weighted by Gasteiger charge is -2.24. The van der Waals surface area contributed by atoms with Crippen LogP contribution in [0.3, 0.4) is 0 Å². The molecule has 0 saturated carbocycles.